The average Bonchev–Trinajstić information content (AvgIpc) is 1.59. The third-order valence-electron chi connectivity index (χ3n) is 1.06. The molecule has 0 bridgehead atoms. The van der Waals surface area contributed by atoms with Gasteiger partial charge in [-0.05, 0) is 6.92 Å². The van der Waals surface area contributed by atoms with Gasteiger partial charge in [-0.25, -0.2) is 0 Å². The molecule has 0 aliphatic heterocycles. The van der Waals surface area contributed by atoms with Gasteiger partial charge < -0.3 is 5.32 Å². The summed E-state index contributed by atoms with van der Waals surface area (Å²) in [6, 6.07) is 0.751. The SMILES string of the molecule is CCNC(=O)C[Si](C)(C)C. The second-order valence-corrected chi connectivity index (χ2v) is 9.17. The zero-order valence-corrected chi connectivity index (χ0v) is 8.32. The van der Waals surface area contributed by atoms with Crippen LogP contribution in [0.4, 0.5) is 0 Å². The lowest BCUT2D eigenvalue weighted by atomic mass is 10.6. The Morgan fingerprint density at radius 1 is 1.40 bits per heavy atom. The molecule has 0 saturated carbocycles. The molecule has 0 atom stereocenters. The minimum Gasteiger partial charge on any atom is -0.357 e. The molecule has 0 saturated heterocycles. The number of nitrogens with one attached hydrogen (secondary N) is 1. The Bertz CT molecular complexity index is 117. The van der Waals surface area contributed by atoms with E-state index in [2.05, 4.69) is 25.0 Å². The van der Waals surface area contributed by atoms with Crippen LogP contribution in [0.3, 0.4) is 0 Å². The highest BCUT2D eigenvalue weighted by Gasteiger charge is 2.16. The van der Waals surface area contributed by atoms with Crippen molar-refractivity contribution >= 4 is 14.0 Å². The molecule has 0 spiro atoms. The lowest BCUT2D eigenvalue weighted by Gasteiger charge is -2.14. The van der Waals surface area contributed by atoms with Crippen molar-refractivity contribution in [2.45, 2.75) is 32.6 Å². The first-order valence-corrected chi connectivity index (χ1v) is 7.43. The zero-order valence-electron chi connectivity index (χ0n) is 7.32. The maximum atomic E-state index is 11.0. The van der Waals surface area contributed by atoms with E-state index in [4.69, 9.17) is 0 Å². The smallest absolute Gasteiger partial charge is 0.217 e. The fraction of sp³-hybridized carbons (Fsp3) is 0.857. The van der Waals surface area contributed by atoms with E-state index in [1.807, 2.05) is 6.92 Å². The van der Waals surface area contributed by atoms with E-state index >= 15 is 0 Å². The zero-order chi connectivity index (χ0) is 8.20. The maximum Gasteiger partial charge on any atom is 0.217 e. The lowest BCUT2D eigenvalue weighted by Crippen LogP contribution is -2.32. The van der Waals surface area contributed by atoms with Crippen LogP contribution in [0.15, 0.2) is 0 Å². The van der Waals surface area contributed by atoms with Crippen LogP contribution in [-0.2, 0) is 4.79 Å². The van der Waals surface area contributed by atoms with E-state index in [-0.39, 0.29) is 5.91 Å². The Morgan fingerprint density at radius 2 is 1.90 bits per heavy atom. The lowest BCUT2D eigenvalue weighted by molar-refractivity contribution is -0.118. The molecule has 0 aromatic carbocycles. The average molecular weight is 159 g/mol. The first-order chi connectivity index (χ1) is 4.45. The molecule has 0 fully saturated rings. The third kappa shape index (κ3) is 5.82. The van der Waals surface area contributed by atoms with Gasteiger partial charge in [0.05, 0.1) is 8.07 Å². The van der Waals surface area contributed by atoms with Gasteiger partial charge in [-0.1, -0.05) is 19.6 Å². The number of carbonyl (C=O) groups excluding carboxylic acids is 1. The van der Waals surface area contributed by atoms with Crippen LogP contribution in [0.1, 0.15) is 6.92 Å². The molecule has 60 valence electrons. The minimum absolute atomic E-state index is 0.210. The number of hydrogen-bond acceptors (Lipinski definition) is 1. The number of amides is 1. The molecule has 0 heterocycles. The molecule has 0 aliphatic rings. The van der Waals surface area contributed by atoms with Gasteiger partial charge in [0, 0.05) is 12.6 Å². The van der Waals surface area contributed by atoms with Crippen LogP contribution in [0.25, 0.3) is 0 Å². The second-order valence-electron chi connectivity index (χ2n) is 3.69. The molecule has 0 radical (unpaired) electrons. The fourth-order valence-corrected chi connectivity index (χ4v) is 1.83. The van der Waals surface area contributed by atoms with Crippen molar-refractivity contribution < 1.29 is 4.79 Å². The van der Waals surface area contributed by atoms with Crippen LogP contribution in [-0.4, -0.2) is 20.5 Å². The largest absolute Gasteiger partial charge is 0.357 e. The third-order valence-corrected chi connectivity index (χ3v) is 2.45. The Hall–Kier alpha value is -0.313. The number of hydrogen-bond donors (Lipinski definition) is 1. The Kier molecular flexibility index (Phi) is 3.64. The molecule has 0 rings (SSSR count). The molecule has 0 aliphatic carbocycles. The highest BCUT2D eigenvalue weighted by molar-refractivity contribution is 6.78. The van der Waals surface area contributed by atoms with Gasteiger partial charge in [0.2, 0.25) is 5.91 Å². The summed E-state index contributed by atoms with van der Waals surface area (Å²) in [6.07, 6.45) is 0. The predicted octanol–water partition coefficient (Wildman–Crippen LogP) is 1.46. The van der Waals surface area contributed by atoms with Crippen molar-refractivity contribution in [1.29, 1.82) is 0 Å². The molecule has 1 amide bonds. The van der Waals surface area contributed by atoms with Crippen molar-refractivity contribution in [2.75, 3.05) is 6.54 Å². The summed E-state index contributed by atoms with van der Waals surface area (Å²) >= 11 is 0. The Morgan fingerprint density at radius 3 is 2.20 bits per heavy atom. The van der Waals surface area contributed by atoms with Gasteiger partial charge in [-0.2, -0.15) is 0 Å². The van der Waals surface area contributed by atoms with E-state index in [0.29, 0.717) is 0 Å². The van der Waals surface area contributed by atoms with Crippen LogP contribution in [0, 0.1) is 0 Å². The monoisotopic (exact) mass is 159 g/mol. The summed E-state index contributed by atoms with van der Waals surface area (Å²) in [7, 11) is -1.17. The molecule has 3 heteroatoms. The minimum atomic E-state index is -1.17. The second kappa shape index (κ2) is 3.76. The highest BCUT2D eigenvalue weighted by Crippen LogP contribution is 2.06. The Labute approximate surface area is 64.0 Å². The summed E-state index contributed by atoms with van der Waals surface area (Å²) in [6.45, 7) is 9.29. The van der Waals surface area contributed by atoms with Gasteiger partial charge in [0.1, 0.15) is 0 Å². The molecule has 0 aromatic rings. The van der Waals surface area contributed by atoms with Crippen LogP contribution >= 0.6 is 0 Å². The van der Waals surface area contributed by atoms with Crippen molar-refractivity contribution in [3.63, 3.8) is 0 Å². The quantitative estimate of drug-likeness (QED) is 0.621. The molecule has 0 unspecified atom stereocenters. The molecule has 1 N–H and O–H groups in total. The van der Waals surface area contributed by atoms with Gasteiger partial charge in [-0.15, -0.1) is 0 Å². The summed E-state index contributed by atoms with van der Waals surface area (Å²) in [5.41, 5.74) is 0. The fourth-order valence-electron chi connectivity index (χ4n) is 0.741. The van der Waals surface area contributed by atoms with Gasteiger partial charge in [0.15, 0.2) is 0 Å². The topological polar surface area (TPSA) is 29.1 Å². The van der Waals surface area contributed by atoms with Crippen LogP contribution in [0.5, 0.6) is 0 Å². The molecule has 0 aromatic heterocycles. The molecular weight excluding hydrogens is 142 g/mol. The number of carbonyl (C=O) groups is 1. The van der Waals surface area contributed by atoms with Crippen molar-refractivity contribution in [2.24, 2.45) is 0 Å². The number of rotatable bonds is 3. The molecule has 10 heavy (non-hydrogen) atoms. The standard InChI is InChI=1S/C7H17NOSi/c1-5-8-7(9)6-10(2,3)4/h5-6H2,1-4H3,(H,8,9). The Balaban J connectivity index is 3.58. The van der Waals surface area contributed by atoms with E-state index < -0.39 is 8.07 Å². The maximum absolute atomic E-state index is 11.0. The molecule has 2 nitrogen and oxygen atoms in total. The summed E-state index contributed by atoms with van der Waals surface area (Å²) < 4.78 is 0. The summed E-state index contributed by atoms with van der Waals surface area (Å²) in [4.78, 5) is 11.0. The first-order valence-electron chi connectivity index (χ1n) is 3.72. The van der Waals surface area contributed by atoms with Gasteiger partial charge in [0.25, 0.3) is 0 Å². The van der Waals surface area contributed by atoms with Crippen LogP contribution < -0.4 is 5.32 Å². The van der Waals surface area contributed by atoms with Crippen LogP contribution in [0.2, 0.25) is 25.7 Å². The summed E-state index contributed by atoms with van der Waals surface area (Å²) in [5.74, 6) is 0.210. The van der Waals surface area contributed by atoms with Crippen molar-refractivity contribution in [3.05, 3.63) is 0 Å². The first kappa shape index (κ1) is 9.69. The highest BCUT2D eigenvalue weighted by atomic mass is 28.3. The molecular formula is C7H17NOSi. The van der Waals surface area contributed by atoms with Gasteiger partial charge in [-0.3, -0.25) is 4.79 Å². The summed E-state index contributed by atoms with van der Waals surface area (Å²) in [5, 5.41) is 2.80. The van der Waals surface area contributed by atoms with Gasteiger partial charge >= 0.3 is 0 Å². The van der Waals surface area contributed by atoms with Crippen molar-refractivity contribution in [1.82, 2.24) is 5.32 Å². The van der Waals surface area contributed by atoms with E-state index in [0.717, 1.165) is 12.6 Å². The van der Waals surface area contributed by atoms with E-state index in [9.17, 15) is 4.79 Å². The van der Waals surface area contributed by atoms with E-state index in [1.54, 1.807) is 0 Å². The predicted molar refractivity (Wildman–Crippen MR) is 46.8 cm³/mol. The van der Waals surface area contributed by atoms with Crippen molar-refractivity contribution in [3.8, 4) is 0 Å². The normalized spacial score (nSPS) is 11.2. The van der Waals surface area contributed by atoms with E-state index in [1.165, 1.54) is 0 Å².